The molecule has 0 bridgehead atoms. The molecule has 2 aromatic carbocycles. The van der Waals surface area contributed by atoms with Crippen LogP contribution in [0.3, 0.4) is 0 Å². The van der Waals surface area contributed by atoms with Gasteiger partial charge in [0.25, 0.3) is 0 Å². The van der Waals surface area contributed by atoms with E-state index in [0.717, 1.165) is 0 Å². The van der Waals surface area contributed by atoms with Crippen molar-refractivity contribution in [3.63, 3.8) is 0 Å². The van der Waals surface area contributed by atoms with Crippen LogP contribution in [0.5, 0.6) is 0 Å². The Bertz CT molecular complexity index is 974. The maximum absolute atomic E-state index is 12.9. The minimum atomic E-state index is -10.2. The summed E-state index contributed by atoms with van der Waals surface area (Å²) in [6.45, 7) is 0. The zero-order chi connectivity index (χ0) is 23.5. The zero-order valence-electron chi connectivity index (χ0n) is 13.7. The lowest BCUT2D eigenvalue weighted by atomic mass is 10.3. The van der Waals surface area contributed by atoms with Gasteiger partial charge in [-0.05, 0) is 36.4 Å². The number of amides is 2. The van der Waals surface area contributed by atoms with Crippen LogP contribution in [0.25, 0.3) is 0 Å². The summed E-state index contributed by atoms with van der Waals surface area (Å²) in [5.41, 5.74) is -1.72. The molecule has 0 radical (unpaired) electrons. The first-order chi connectivity index (χ1) is 12.9. The molecule has 0 aliphatic carbocycles. The molecule has 2 aromatic rings. The lowest BCUT2D eigenvalue weighted by Gasteiger charge is -2.41. The van der Waals surface area contributed by atoms with E-state index in [-0.39, 0.29) is 12.1 Å². The summed E-state index contributed by atoms with van der Waals surface area (Å²) < 4.78 is 129. The minimum absolute atomic E-state index is 0.189. The number of urea groups is 1. The van der Waals surface area contributed by atoms with Crippen molar-refractivity contribution in [3.8, 4) is 0 Å². The molecule has 2 N–H and O–H groups in total. The fourth-order valence-corrected chi connectivity index (χ4v) is 4.73. The van der Waals surface area contributed by atoms with E-state index in [0.29, 0.717) is 24.3 Å². The van der Waals surface area contributed by atoms with Crippen LogP contribution in [-0.4, -0.2) is 6.03 Å². The van der Waals surface area contributed by atoms with E-state index in [2.05, 4.69) is 0 Å². The van der Waals surface area contributed by atoms with Gasteiger partial charge < -0.3 is 10.6 Å². The molecular formula is C13H8Cl2F10N2OS2. The first-order valence-electron chi connectivity index (χ1n) is 7.01. The molecule has 0 atom stereocenters. The smallest absolute Gasteiger partial charge is 0.308 e. The lowest BCUT2D eigenvalue weighted by Crippen LogP contribution is -2.20. The van der Waals surface area contributed by atoms with E-state index in [4.69, 9.17) is 23.2 Å². The van der Waals surface area contributed by atoms with Crippen LogP contribution in [0.1, 0.15) is 0 Å². The third-order valence-electron chi connectivity index (χ3n) is 3.21. The summed E-state index contributed by atoms with van der Waals surface area (Å²) in [7, 11) is -20.5. The molecule has 17 heteroatoms. The fraction of sp³-hybridized carbons (Fsp3) is 0. The summed E-state index contributed by atoms with van der Waals surface area (Å²) >= 11 is 10.3. The highest BCUT2D eigenvalue weighted by Gasteiger charge is 2.67. The molecule has 3 nitrogen and oxygen atoms in total. The topological polar surface area (TPSA) is 41.1 Å². The molecular weight excluding hydrogens is 525 g/mol. The molecule has 172 valence electrons. The van der Waals surface area contributed by atoms with Crippen LogP contribution in [0, 0.1) is 0 Å². The van der Waals surface area contributed by atoms with Crippen molar-refractivity contribution in [1.29, 1.82) is 0 Å². The second kappa shape index (κ2) is 5.75. The van der Waals surface area contributed by atoms with E-state index in [1.165, 1.54) is 0 Å². The van der Waals surface area contributed by atoms with Gasteiger partial charge in [0.1, 0.15) is 9.79 Å². The Hall–Kier alpha value is -1.71. The highest BCUT2D eigenvalue weighted by atomic mass is 35.5. The predicted molar refractivity (Wildman–Crippen MR) is 98.3 cm³/mol. The normalized spacial score (nSPS) is 17.2. The molecule has 0 saturated heterocycles. The average Bonchev–Trinajstić information content (AvgIpc) is 2.46. The van der Waals surface area contributed by atoms with Gasteiger partial charge in [-0.2, -0.15) is 0 Å². The number of rotatable bonds is 4. The molecule has 30 heavy (non-hydrogen) atoms. The van der Waals surface area contributed by atoms with Gasteiger partial charge in [0.2, 0.25) is 0 Å². The van der Waals surface area contributed by atoms with E-state index in [9.17, 15) is 43.7 Å². The molecule has 0 aliphatic rings. The van der Waals surface area contributed by atoms with Crippen molar-refractivity contribution in [3.05, 3.63) is 46.4 Å². The quantitative estimate of drug-likeness (QED) is 0.378. The van der Waals surface area contributed by atoms with E-state index in [1.54, 1.807) is 10.6 Å². The number of carbonyl (C=O) groups is 1. The summed E-state index contributed by atoms with van der Waals surface area (Å²) in [5.74, 6) is 0. The summed E-state index contributed by atoms with van der Waals surface area (Å²) in [6, 6.07) is 0.281. The van der Waals surface area contributed by atoms with Crippen LogP contribution in [0.4, 0.5) is 55.0 Å². The number of benzene rings is 2. The van der Waals surface area contributed by atoms with Gasteiger partial charge in [0.15, 0.2) is 0 Å². The second-order valence-electron chi connectivity index (χ2n) is 5.81. The van der Waals surface area contributed by atoms with E-state index < -0.39 is 57.7 Å². The SMILES string of the molecule is O=C(Nc1ccc(Cl)c(S(F)(F)(F)(F)F)c1)Nc1ccc(Cl)c(S(F)(F)(F)(F)F)c1. The minimum Gasteiger partial charge on any atom is -0.308 e. The summed E-state index contributed by atoms with van der Waals surface area (Å²) in [5, 5.41) is 0.557. The Morgan fingerprint density at radius 2 is 0.933 bits per heavy atom. The molecule has 0 spiro atoms. The van der Waals surface area contributed by atoms with Gasteiger partial charge in [-0.1, -0.05) is 62.1 Å². The maximum atomic E-state index is 12.9. The Balaban J connectivity index is 2.33. The Morgan fingerprint density at radius 1 is 0.633 bits per heavy atom. The van der Waals surface area contributed by atoms with Gasteiger partial charge in [-0.25, -0.2) is 4.79 Å². The Kier molecular flexibility index (Phi) is 4.70. The highest BCUT2D eigenvalue weighted by molar-refractivity contribution is 8.46. The fourth-order valence-electron chi connectivity index (χ4n) is 2.05. The zero-order valence-corrected chi connectivity index (χ0v) is 16.9. The Labute approximate surface area is 171 Å². The maximum Gasteiger partial charge on any atom is 0.323 e. The number of hydrogen-bond donors (Lipinski definition) is 2. The first kappa shape index (κ1) is 24.6. The highest BCUT2D eigenvalue weighted by Crippen LogP contribution is 3.03. The van der Waals surface area contributed by atoms with Crippen molar-refractivity contribution in [1.82, 2.24) is 0 Å². The van der Waals surface area contributed by atoms with Crippen molar-refractivity contribution < 1.29 is 43.7 Å². The average molecular weight is 533 g/mol. The van der Waals surface area contributed by atoms with E-state index >= 15 is 0 Å². The van der Waals surface area contributed by atoms with Crippen molar-refractivity contribution in [2.75, 3.05) is 10.6 Å². The molecule has 2 amide bonds. The van der Waals surface area contributed by atoms with Gasteiger partial charge in [0, 0.05) is 11.4 Å². The van der Waals surface area contributed by atoms with Crippen LogP contribution >= 0.6 is 43.6 Å². The van der Waals surface area contributed by atoms with Crippen LogP contribution in [0.15, 0.2) is 46.2 Å². The number of hydrogen-bond acceptors (Lipinski definition) is 1. The standard InChI is InChI=1S/C13H8Cl2F10N2OS2/c14-9-3-1-7(5-11(9)29(16,17,18,19)20)26-13(28)27-8-2-4-10(15)12(6-8)30(21,22,23,24)25/h1-6H,(H2,26,27,28). The number of halogens is 12. The molecule has 0 heterocycles. The molecule has 0 fully saturated rings. The van der Waals surface area contributed by atoms with Gasteiger partial charge in [-0.3, -0.25) is 0 Å². The third-order valence-corrected chi connectivity index (χ3v) is 6.43. The number of nitrogens with one attached hydrogen (secondary N) is 2. The number of carbonyl (C=O) groups excluding carboxylic acids is 1. The van der Waals surface area contributed by atoms with Crippen LogP contribution < -0.4 is 10.6 Å². The second-order valence-corrected chi connectivity index (χ2v) is 11.4. The van der Waals surface area contributed by atoms with Crippen molar-refractivity contribution in [2.24, 2.45) is 0 Å². The third kappa shape index (κ3) is 6.15. The van der Waals surface area contributed by atoms with E-state index in [1.807, 2.05) is 0 Å². The Morgan fingerprint density at radius 3 is 1.20 bits per heavy atom. The lowest BCUT2D eigenvalue weighted by molar-refractivity contribution is 0.262. The monoisotopic (exact) mass is 532 g/mol. The van der Waals surface area contributed by atoms with Gasteiger partial charge in [-0.15, -0.1) is 0 Å². The first-order valence-corrected chi connectivity index (χ1v) is 11.7. The van der Waals surface area contributed by atoms with Crippen LogP contribution in [0.2, 0.25) is 10.0 Å². The largest absolute Gasteiger partial charge is 0.323 e. The van der Waals surface area contributed by atoms with Crippen molar-refractivity contribution in [2.45, 2.75) is 9.79 Å². The van der Waals surface area contributed by atoms with Crippen LogP contribution in [-0.2, 0) is 0 Å². The molecule has 0 unspecified atom stereocenters. The molecule has 0 aliphatic heterocycles. The predicted octanol–water partition coefficient (Wildman–Crippen LogP) is 9.95. The number of anilines is 2. The summed E-state index contributed by atoms with van der Waals surface area (Å²) in [4.78, 5) is 6.77. The molecule has 0 saturated carbocycles. The van der Waals surface area contributed by atoms with Crippen molar-refractivity contribution >= 4 is 61.1 Å². The molecule has 0 aromatic heterocycles. The summed E-state index contributed by atoms with van der Waals surface area (Å²) in [6.07, 6.45) is 0. The van der Waals surface area contributed by atoms with Gasteiger partial charge >= 0.3 is 26.5 Å². The van der Waals surface area contributed by atoms with Gasteiger partial charge in [0.05, 0.1) is 10.0 Å². The molecule has 2 rings (SSSR count).